The summed E-state index contributed by atoms with van der Waals surface area (Å²) in [7, 11) is 1.69. The van der Waals surface area contributed by atoms with Crippen LogP contribution >= 0.6 is 0 Å². The van der Waals surface area contributed by atoms with E-state index < -0.39 is 35.1 Å². The maximum absolute atomic E-state index is 13.1. The van der Waals surface area contributed by atoms with Gasteiger partial charge in [0.1, 0.15) is 5.56 Å². The smallest absolute Gasteiger partial charge is 0.341 e. The second-order valence-corrected chi connectivity index (χ2v) is 9.15. The molecule has 0 radical (unpaired) electrons. The first-order valence-corrected chi connectivity index (χ1v) is 11.7. The van der Waals surface area contributed by atoms with Crippen molar-refractivity contribution < 1.29 is 31.1 Å². The highest BCUT2D eigenvalue weighted by molar-refractivity contribution is 5.78. The van der Waals surface area contributed by atoms with E-state index in [0.29, 0.717) is 45.3 Å². The number of nitrogens with one attached hydrogen (secondary N) is 1. The average molecular weight is 533 g/mol. The summed E-state index contributed by atoms with van der Waals surface area (Å²) in [6.45, 7) is 1.31. The van der Waals surface area contributed by atoms with E-state index in [1.54, 1.807) is 21.7 Å². The van der Waals surface area contributed by atoms with Crippen molar-refractivity contribution in [2.45, 2.75) is 50.1 Å². The predicted octanol–water partition coefficient (Wildman–Crippen LogP) is 2.86. The molecule has 0 spiro atoms. The summed E-state index contributed by atoms with van der Waals surface area (Å²) in [5.74, 6) is -0.0245. The summed E-state index contributed by atoms with van der Waals surface area (Å²) in [5, 5.41) is 5.71. The van der Waals surface area contributed by atoms with E-state index in [0.717, 1.165) is 18.5 Å². The number of carbonyl (C=O) groups excluding carboxylic acids is 1. The fourth-order valence-electron chi connectivity index (χ4n) is 4.74. The van der Waals surface area contributed by atoms with Crippen LogP contribution in [0.4, 0.5) is 32.3 Å². The Bertz CT molecular complexity index is 1160. The SMILES string of the molecule is CN(c1ncc(C(F)(F)F)cn1)C1CCN(C(=O)CN2CCCC2c2cc(C(F)(F)F)c(=O)[nH]n2)CC1. The van der Waals surface area contributed by atoms with Crippen LogP contribution in [0.15, 0.2) is 23.3 Å². The molecule has 2 aliphatic heterocycles. The number of anilines is 1. The van der Waals surface area contributed by atoms with Gasteiger partial charge < -0.3 is 9.80 Å². The highest BCUT2D eigenvalue weighted by Gasteiger charge is 2.37. The summed E-state index contributed by atoms with van der Waals surface area (Å²) in [6.07, 6.45) is -5.60. The Kier molecular flexibility index (Phi) is 7.44. The number of carbonyl (C=O) groups is 1. The third kappa shape index (κ3) is 6.02. The molecule has 15 heteroatoms. The van der Waals surface area contributed by atoms with Crippen molar-refractivity contribution in [2.75, 3.05) is 38.1 Å². The molecule has 37 heavy (non-hydrogen) atoms. The molecule has 202 valence electrons. The molecule has 1 amide bonds. The molecule has 9 nitrogen and oxygen atoms in total. The number of alkyl halides is 6. The van der Waals surface area contributed by atoms with Gasteiger partial charge in [0.15, 0.2) is 0 Å². The normalized spacial score (nSPS) is 19.9. The Morgan fingerprint density at radius 2 is 1.70 bits per heavy atom. The van der Waals surface area contributed by atoms with E-state index in [4.69, 9.17) is 0 Å². The van der Waals surface area contributed by atoms with Crippen molar-refractivity contribution >= 4 is 11.9 Å². The molecule has 2 aliphatic rings. The first-order valence-electron chi connectivity index (χ1n) is 11.7. The molecule has 1 N–H and O–H groups in total. The van der Waals surface area contributed by atoms with Crippen LogP contribution in [-0.4, -0.2) is 75.1 Å². The second-order valence-electron chi connectivity index (χ2n) is 9.15. The molecule has 2 saturated heterocycles. The van der Waals surface area contributed by atoms with E-state index in [2.05, 4.69) is 15.1 Å². The minimum atomic E-state index is -4.81. The zero-order valence-electron chi connectivity index (χ0n) is 19.8. The first-order chi connectivity index (χ1) is 17.3. The molecule has 1 atom stereocenters. The topological polar surface area (TPSA) is 98.3 Å². The largest absolute Gasteiger partial charge is 0.421 e. The molecule has 0 bridgehead atoms. The van der Waals surface area contributed by atoms with E-state index in [1.807, 2.05) is 5.10 Å². The number of rotatable bonds is 5. The van der Waals surface area contributed by atoms with Gasteiger partial charge in [0.25, 0.3) is 5.56 Å². The van der Waals surface area contributed by atoms with Crippen LogP contribution in [0.25, 0.3) is 0 Å². The number of likely N-dealkylation sites (tertiary alicyclic amines) is 2. The van der Waals surface area contributed by atoms with Crippen molar-refractivity contribution in [3.05, 3.63) is 45.6 Å². The molecule has 1 unspecified atom stereocenters. The Labute approximate surface area is 207 Å². The highest BCUT2D eigenvalue weighted by Crippen LogP contribution is 2.33. The highest BCUT2D eigenvalue weighted by atomic mass is 19.4. The van der Waals surface area contributed by atoms with Crippen LogP contribution in [0.5, 0.6) is 0 Å². The summed E-state index contributed by atoms with van der Waals surface area (Å²) in [4.78, 5) is 37.3. The molecule has 0 aliphatic carbocycles. The van der Waals surface area contributed by atoms with Crippen molar-refractivity contribution in [1.82, 2.24) is 30.0 Å². The van der Waals surface area contributed by atoms with Crippen LogP contribution < -0.4 is 10.5 Å². The van der Waals surface area contributed by atoms with Gasteiger partial charge in [0.05, 0.1) is 23.8 Å². The minimum Gasteiger partial charge on any atom is -0.341 e. The summed E-state index contributed by atoms with van der Waals surface area (Å²) >= 11 is 0. The van der Waals surface area contributed by atoms with E-state index in [-0.39, 0.29) is 30.1 Å². The number of nitrogens with zero attached hydrogens (tertiary/aromatic N) is 6. The monoisotopic (exact) mass is 533 g/mol. The van der Waals surface area contributed by atoms with Gasteiger partial charge in [-0.2, -0.15) is 31.4 Å². The standard InChI is InChI=1S/C22H25F6N7O2/c1-33(20-29-10-13(11-30-20)21(23,24)25)14-4-7-34(8-5-14)18(36)12-35-6-2-3-17(35)16-9-15(22(26,27)28)19(37)32-31-16/h9-11,14,17H,2-8,12H2,1H3,(H,32,37). The van der Waals surface area contributed by atoms with E-state index in [1.165, 1.54) is 0 Å². The van der Waals surface area contributed by atoms with E-state index in [9.17, 15) is 35.9 Å². The van der Waals surface area contributed by atoms with E-state index >= 15 is 0 Å². The van der Waals surface area contributed by atoms with Gasteiger partial charge in [0, 0.05) is 38.6 Å². The summed E-state index contributed by atoms with van der Waals surface area (Å²) < 4.78 is 77.7. The van der Waals surface area contributed by atoms with Crippen LogP contribution in [0.1, 0.15) is 48.5 Å². The average Bonchev–Trinajstić information content (AvgIpc) is 3.31. The number of H-pyrrole nitrogens is 1. The molecule has 0 aromatic carbocycles. The lowest BCUT2D eigenvalue weighted by molar-refractivity contribution is -0.139. The third-order valence-electron chi connectivity index (χ3n) is 6.82. The van der Waals surface area contributed by atoms with Crippen molar-refractivity contribution in [3.8, 4) is 0 Å². The molecule has 4 rings (SSSR count). The number of aromatic amines is 1. The van der Waals surface area contributed by atoms with Crippen LogP contribution in [0, 0.1) is 0 Å². The van der Waals surface area contributed by atoms with Gasteiger partial charge in [-0.05, 0) is 38.3 Å². The first kappa shape index (κ1) is 26.8. The number of piperidine rings is 1. The van der Waals surface area contributed by atoms with Gasteiger partial charge >= 0.3 is 12.4 Å². The van der Waals surface area contributed by atoms with Gasteiger partial charge in [0.2, 0.25) is 11.9 Å². The van der Waals surface area contributed by atoms with Gasteiger partial charge in [-0.25, -0.2) is 15.1 Å². The van der Waals surface area contributed by atoms with Crippen LogP contribution in [0.3, 0.4) is 0 Å². The Morgan fingerprint density at radius 3 is 2.30 bits per heavy atom. The molecule has 2 fully saturated rings. The number of amides is 1. The lowest BCUT2D eigenvalue weighted by Gasteiger charge is -2.37. The van der Waals surface area contributed by atoms with Crippen molar-refractivity contribution in [2.24, 2.45) is 0 Å². The zero-order chi connectivity index (χ0) is 27.0. The minimum absolute atomic E-state index is 0.00462. The Morgan fingerprint density at radius 1 is 1.05 bits per heavy atom. The number of aromatic nitrogens is 4. The molecular formula is C22H25F6N7O2. The maximum atomic E-state index is 13.1. The lowest BCUT2D eigenvalue weighted by atomic mass is 10.0. The van der Waals surface area contributed by atoms with Crippen LogP contribution in [-0.2, 0) is 17.1 Å². The van der Waals surface area contributed by atoms with Crippen molar-refractivity contribution in [1.29, 1.82) is 0 Å². The Hall–Kier alpha value is -3.23. The lowest BCUT2D eigenvalue weighted by Crippen LogP contribution is -2.48. The zero-order valence-corrected chi connectivity index (χ0v) is 19.8. The number of hydrogen-bond donors (Lipinski definition) is 1. The molecule has 2 aromatic rings. The quantitative estimate of drug-likeness (QED) is 0.591. The fraction of sp³-hybridized carbons (Fsp3) is 0.591. The number of halogens is 6. The summed E-state index contributed by atoms with van der Waals surface area (Å²) in [5.41, 5.74) is -3.50. The second kappa shape index (κ2) is 10.3. The van der Waals surface area contributed by atoms with Gasteiger partial charge in [-0.15, -0.1) is 0 Å². The van der Waals surface area contributed by atoms with Crippen molar-refractivity contribution in [3.63, 3.8) is 0 Å². The fourth-order valence-corrected chi connectivity index (χ4v) is 4.74. The molecular weight excluding hydrogens is 508 g/mol. The summed E-state index contributed by atoms with van der Waals surface area (Å²) in [6, 6.07) is 0.144. The molecule has 2 aromatic heterocycles. The molecule has 0 saturated carbocycles. The van der Waals surface area contributed by atoms with Gasteiger partial charge in [-0.1, -0.05) is 0 Å². The van der Waals surface area contributed by atoms with Crippen LogP contribution in [0.2, 0.25) is 0 Å². The predicted molar refractivity (Wildman–Crippen MR) is 118 cm³/mol. The molecule has 4 heterocycles. The number of hydrogen-bond acceptors (Lipinski definition) is 7. The van der Waals surface area contributed by atoms with Gasteiger partial charge in [-0.3, -0.25) is 14.5 Å². The third-order valence-corrected chi connectivity index (χ3v) is 6.82. The maximum Gasteiger partial charge on any atom is 0.421 e. The Balaban J connectivity index is 1.34.